The molecule has 0 fully saturated rings. The second kappa shape index (κ2) is 4.81. The second-order valence-electron chi connectivity index (χ2n) is 5.65. The van der Waals surface area contributed by atoms with Crippen molar-refractivity contribution in [1.29, 1.82) is 0 Å². The molecular weight excluding hydrogens is 260 g/mol. The van der Waals surface area contributed by atoms with E-state index in [0.717, 1.165) is 35.5 Å². The number of nitrogens with one attached hydrogen (secondary N) is 2. The molecule has 0 spiro atoms. The molecule has 0 aliphatic heterocycles. The molecule has 4 rings (SSSR count). The molecule has 2 aromatic carbocycles. The van der Waals surface area contributed by atoms with Crippen LogP contribution in [0.1, 0.15) is 30.0 Å². The van der Waals surface area contributed by atoms with Crippen LogP contribution in [0.2, 0.25) is 0 Å². The lowest BCUT2D eigenvalue weighted by atomic mass is 9.87. The van der Waals surface area contributed by atoms with Crippen LogP contribution < -0.4 is 11.1 Å². The summed E-state index contributed by atoms with van der Waals surface area (Å²) < 4.78 is 0. The van der Waals surface area contributed by atoms with E-state index >= 15 is 0 Å². The van der Waals surface area contributed by atoms with Crippen molar-refractivity contribution < 1.29 is 0 Å². The second-order valence-corrected chi connectivity index (χ2v) is 5.65. The van der Waals surface area contributed by atoms with Crippen LogP contribution in [0.4, 0.5) is 11.6 Å². The van der Waals surface area contributed by atoms with Crippen molar-refractivity contribution in [2.45, 2.75) is 25.3 Å². The Morgan fingerprint density at radius 2 is 2.10 bits per heavy atom. The quantitative estimate of drug-likeness (QED) is 0.627. The Bertz CT molecular complexity index is 757. The molecule has 106 valence electrons. The number of nitrogens with zero attached hydrogens (tertiary/aromatic N) is 1. The first-order chi connectivity index (χ1) is 10.3. The minimum atomic E-state index is 0.301. The fraction of sp³-hybridized carbons (Fsp3) is 0.235. The SMILES string of the molecule is Nc1ccc2c(c1)CCCC2Nc1nc2ccccc2[nH]1. The first-order valence-corrected chi connectivity index (χ1v) is 7.39. The van der Waals surface area contributed by atoms with Crippen LogP contribution in [0.5, 0.6) is 0 Å². The molecule has 4 heteroatoms. The summed E-state index contributed by atoms with van der Waals surface area (Å²) in [4.78, 5) is 7.94. The lowest BCUT2D eigenvalue weighted by Crippen LogP contribution is -2.18. The van der Waals surface area contributed by atoms with Gasteiger partial charge >= 0.3 is 0 Å². The van der Waals surface area contributed by atoms with Crippen molar-refractivity contribution in [3.8, 4) is 0 Å². The number of nitrogen functional groups attached to an aromatic ring is 1. The average molecular weight is 278 g/mol. The van der Waals surface area contributed by atoms with E-state index < -0.39 is 0 Å². The Morgan fingerprint density at radius 3 is 3.00 bits per heavy atom. The van der Waals surface area contributed by atoms with Crippen molar-refractivity contribution in [1.82, 2.24) is 9.97 Å². The van der Waals surface area contributed by atoms with Gasteiger partial charge in [0, 0.05) is 5.69 Å². The number of imidazole rings is 1. The molecule has 1 heterocycles. The Kier molecular flexibility index (Phi) is 2.81. The molecule has 21 heavy (non-hydrogen) atoms. The first-order valence-electron chi connectivity index (χ1n) is 7.39. The van der Waals surface area contributed by atoms with E-state index in [0.29, 0.717) is 6.04 Å². The number of anilines is 2. The fourth-order valence-electron chi connectivity index (χ4n) is 3.17. The molecular formula is C17H18N4. The van der Waals surface area contributed by atoms with Crippen molar-refractivity contribution in [2.24, 2.45) is 0 Å². The predicted octanol–water partition coefficient (Wildman–Crippen LogP) is 3.63. The number of rotatable bonds is 2. The monoisotopic (exact) mass is 278 g/mol. The van der Waals surface area contributed by atoms with Crippen molar-refractivity contribution in [2.75, 3.05) is 11.1 Å². The zero-order valence-corrected chi connectivity index (χ0v) is 11.8. The third kappa shape index (κ3) is 2.23. The summed E-state index contributed by atoms with van der Waals surface area (Å²) in [6.45, 7) is 0. The topological polar surface area (TPSA) is 66.7 Å². The van der Waals surface area contributed by atoms with Gasteiger partial charge in [-0.05, 0) is 54.7 Å². The molecule has 4 N–H and O–H groups in total. The highest BCUT2D eigenvalue weighted by molar-refractivity contribution is 5.77. The van der Waals surface area contributed by atoms with Crippen molar-refractivity contribution >= 4 is 22.7 Å². The summed E-state index contributed by atoms with van der Waals surface area (Å²) >= 11 is 0. The molecule has 1 unspecified atom stereocenters. The molecule has 0 saturated heterocycles. The van der Waals surface area contributed by atoms with Crippen molar-refractivity contribution in [3.63, 3.8) is 0 Å². The third-order valence-electron chi connectivity index (χ3n) is 4.18. The number of benzene rings is 2. The molecule has 1 atom stereocenters. The van der Waals surface area contributed by atoms with E-state index in [-0.39, 0.29) is 0 Å². The van der Waals surface area contributed by atoms with Gasteiger partial charge in [0.05, 0.1) is 17.1 Å². The van der Waals surface area contributed by atoms with Gasteiger partial charge in [-0.2, -0.15) is 0 Å². The Morgan fingerprint density at radius 1 is 1.19 bits per heavy atom. The lowest BCUT2D eigenvalue weighted by molar-refractivity contribution is 0.597. The van der Waals surface area contributed by atoms with Gasteiger partial charge in [-0.25, -0.2) is 4.98 Å². The maximum atomic E-state index is 5.89. The van der Waals surface area contributed by atoms with E-state index in [1.807, 2.05) is 30.3 Å². The van der Waals surface area contributed by atoms with Gasteiger partial charge < -0.3 is 16.0 Å². The zero-order valence-electron chi connectivity index (χ0n) is 11.8. The molecule has 0 bridgehead atoms. The fourth-order valence-corrected chi connectivity index (χ4v) is 3.17. The van der Waals surface area contributed by atoms with Gasteiger partial charge in [0.25, 0.3) is 0 Å². The number of fused-ring (bicyclic) bond motifs is 2. The predicted molar refractivity (Wildman–Crippen MR) is 86.2 cm³/mol. The number of para-hydroxylation sites is 2. The maximum Gasteiger partial charge on any atom is 0.201 e. The van der Waals surface area contributed by atoms with E-state index in [1.165, 1.54) is 17.5 Å². The van der Waals surface area contributed by atoms with Gasteiger partial charge in [0.1, 0.15) is 0 Å². The van der Waals surface area contributed by atoms with Gasteiger partial charge in [-0.15, -0.1) is 0 Å². The Labute approximate surface area is 123 Å². The number of aromatic amines is 1. The minimum absolute atomic E-state index is 0.301. The van der Waals surface area contributed by atoms with Gasteiger partial charge in [0.15, 0.2) is 0 Å². The average Bonchev–Trinajstić information content (AvgIpc) is 2.89. The Hall–Kier alpha value is -2.49. The molecule has 4 nitrogen and oxygen atoms in total. The smallest absolute Gasteiger partial charge is 0.201 e. The summed E-state index contributed by atoms with van der Waals surface area (Å²) in [7, 11) is 0. The summed E-state index contributed by atoms with van der Waals surface area (Å²) in [5, 5.41) is 3.54. The van der Waals surface area contributed by atoms with Crippen LogP contribution in [-0.2, 0) is 6.42 Å². The van der Waals surface area contributed by atoms with E-state index in [1.54, 1.807) is 0 Å². The van der Waals surface area contributed by atoms with Gasteiger partial charge in [-0.1, -0.05) is 18.2 Å². The summed E-state index contributed by atoms with van der Waals surface area (Å²) in [5.74, 6) is 0.839. The molecule has 1 aromatic heterocycles. The van der Waals surface area contributed by atoms with E-state index in [4.69, 9.17) is 5.73 Å². The first kappa shape index (κ1) is 12.3. The van der Waals surface area contributed by atoms with Gasteiger partial charge in [-0.3, -0.25) is 0 Å². The number of H-pyrrole nitrogens is 1. The highest BCUT2D eigenvalue weighted by atomic mass is 15.1. The van der Waals surface area contributed by atoms with Crippen LogP contribution in [0.3, 0.4) is 0 Å². The largest absolute Gasteiger partial charge is 0.399 e. The number of hydrogen-bond donors (Lipinski definition) is 3. The number of aryl methyl sites for hydroxylation is 1. The molecule has 0 saturated carbocycles. The maximum absolute atomic E-state index is 5.89. The molecule has 3 aromatic rings. The highest BCUT2D eigenvalue weighted by Crippen LogP contribution is 2.33. The van der Waals surface area contributed by atoms with Crippen LogP contribution in [0.25, 0.3) is 11.0 Å². The van der Waals surface area contributed by atoms with Crippen LogP contribution in [0.15, 0.2) is 42.5 Å². The summed E-state index contributed by atoms with van der Waals surface area (Å²) in [6.07, 6.45) is 3.40. The number of nitrogens with two attached hydrogens (primary N) is 1. The van der Waals surface area contributed by atoms with E-state index in [2.05, 4.69) is 27.4 Å². The highest BCUT2D eigenvalue weighted by Gasteiger charge is 2.21. The van der Waals surface area contributed by atoms with Crippen molar-refractivity contribution in [3.05, 3.63) is 53.6 Å². The summed E-state index contributed by atoms with van der Waals surface area (Å²) in [6, 6.07) is 14.6. The Balaban J connectivity index is 1.66. The molecule has 1 aliphatic carbocycles. The third-order valence-corrected chi connectivity index (χ3v) is 4.18. The van der Waals surface area contributed by atoms with Crippen LogP contribution in [-0.4, -0.2) is 9.97 Å². The van der Waals surface area contributed by atoms with Crippen LogP contribution in [0, 0.1) is 0 Å². The van der Waals surface area contributed by atoms with Crippen LogP contribution >= 0.6 is 0 Å². The molecule has 1 aliphatic rings. The normalized spacial score (nSPS) is 17.6. The van der Waals surface area contributed by atoms with E-state index in [9.17, 15) is 0 Å². The minimum Gasteiger partial charge on any atom is -0.399 e. The molecule has 0 radical (unpaired) electrons. The number of aromatic nitrogens is 2. The standard InChI is InChI=1S/C17H18N4/c18-12-8-9-13-11(10-12)4-3-7-14(13)19-17-20-15-5-1-2-6-16(15)21-17/h1-2,5-6,8-10,14H,3-4,7,18H2,(H2,19,20,21). The van der Waals surface area contributed by atoms with Gasteiger partial charge in [0.2, 0.25) is 5.95 Å². The lowest BCUT2D eigenvalue weighted by Gasteiger charge is -2.26. The summed E-state index contributed by atoms with van der Waals surface area (Å²) in [5.41, 5.74) is 11.5. The number of hydrogen-bond acceptors (Lipinski definition) is 3. The molecule has 0 amide bonds. The zero-order chi connectivity index (χ0) is 14.2.